The van der Waals surface area contributed by atoms with Gasteiger partial charge in [0, 0.05) is 36.0 Å². The van der Waals surface area contributed by atoms with E-state index in [-0.39, 0.29) is 42.6 Å². The summed E-state index contributed by atoms with van der Waals surface area (Å²) in [6.07, 6.45) is -1.46. The number of ether oxygens (including phenoxy) is 1. The number of benzene rings is 2. The lowest BCUT2D eigenvalue weighted by molar-refractivity contribution is -0.274. The minimum absolute atomic E-state index is 0. The van der Waals surface area contributed by atoms with Crippen LogP contribution in [0.3, 0.4) is 0 Å². The maximum atomic E-state index is 12.8. The largest absolute Gasteiger partial charge is 0.573 e. The van der Waals surface area contributed by atoms with E-state index in [2.05, 4.69) is 36.3 Å². The predicted octanol–water partition coefficient (Wildman–Crippen LogP) is 7.04. The van der Waals surface area contributed by atoms with Crippen molar-refractivity contribution >= 4 is 69.1 Å². The van der Waals surface area contributed by atoms with E-state index in [1.165, 1.54) is 6.07 Å². The maximum absolute atomic E-state index is 12.8. The van der Waals surface area contributed by atoms with Crippen LogP contribution in [0.4, 0.5) is 30.6 Å². The maximum Gasteiger partial charge on any atom is 0.573 e. The molecule has 2 aromatic carbocycles. The molecule has 0 spiro atoms. The second kappa shape index (κ2) is 12.2. The van der Waals surface area contributed by atoms with E-state index >= 15 is 0 Å². The molecule has 35 heavy (non-hydrogen) atoms. The third-order valence-corrected chi connectivity index (χ3v) is 6.09. The first-order chi connectivity index (χ1) is 15.7. The third-order valence-electron chi connectivity index (χ3n) is 5.60. The van der Waals surface area contributed by atoms with Gasteiger partial charge >= 0.3 is 6.36 Å². The van der Waals surface area contributed by atoms with Crippen molar-refractivity contribution in [3.05, 3.63) is 46.9 Å². The Bertz CT molecular complexity index is 1130. The Hall–Kier alpha value is -2.17. The van der Waals surface area contributed by atoms with Crippen molar-refractivity contribution in [1.29, 1.82) is 0 Å². The molecule has 0 radical (unpaired) electrons. The summed E-state index contributed by atoms with van der Waals surface area (Å²) in [4.78, 5) is 11.3. The molecule has 1 saturated carbocycles. The molecule has 12 heteroatoms. The number of halogens is 6. The van der Waals surface area contributed by atoms with Crippen LogP contribution in [0, 0.1) is 0 Å². The van der Waals surface area contributed by atoms with E-state index in [1.807, 2.05) is 43.3 Å². The average Bonchev–Trinajstić information content (AvgIpc) is 2.75. The van der Waals surface area contributed by atoms with Crippen LogP contribution in [0.5, 0.6) is 5.75 Å². The van der Waals surface area contributed by atoms with Crippen LogP contribution in [0.15, 0.2) is 46.9 Å². The summed E-state index contributed by atoms with van der Waals surface area (Å²) in [6.45, 7) is 0. The molecule has 0 amide bonds. The van der Waals surface area contributed by atoms with Gasteiger partial charge in [-0.15, -0.1) is 38.0 Å². The normalized spacial score (nSPS) is 17.7. The molecule has 1 fully saturated rings. The molecule has 0 atom stereocenters. The standard InChI is InChI=1S/C23H25BrF3N5O.2ClH/c1-32(2)21-17-5-3-4-6-18(17)30-22(31-21)29-16-10-8-15(9-11-16)28-19-12-7-14(24)13-20(19)33-23(25,26)27;;/h3-7,12-13,15-16,28H,8-11H2,1-2H3,(H,29,30,31);2*1H/t15-,16+;;. The molecule has 1 aliphatic rings. The van der Waals surface area contributed by atoms with Gasteiger partial charge in [0.2, 0.25) is 5.95 Å². The monoisotopic (exact) mass is 595 g/mol. The Balaban J connectivity index is 0.00000216. The lowest BCUT2D eigenvalue weighted by Crippen LogP contribution is -2.33. The smallest absolute Gasteiger partial charge is 0.404 e. The van der Waals surface area contributed by atoms with Gasteiger partial charge < -0.3 is 20.3 Å². The number of hydrogen-bond acceptors (Lipinski definition) is 6. The van der Waals surface area contributed by atoms with E-state index in [0.29, 0.717) is 16.1 Å². The van der Waals surface area contributed by atoms with Gasteiger partial charge in [0.25, 0.3) is 0 Å². The lowest BCUT2D eigenvalue weighted by Gasteiger charge is -2.31. The molecule has 6 nitrogen and oxygen atoms in total. The number of aromatic nitrogens is 2. The average molecular weight is 597 g/mol. The zero-order valence-electron chi connectivity index (χ0n) is 19.1. The fourth-order valence-corrected chi connectivity index (χ4v) is 4.41. The lowest BCUT2D eigenvalue weighted by atomic mass is 9.91. The zero-order chi connectivity index (χ0) is 23.6. The molecule has 1 aliphatic carbocycles. The molecule has 1 heterocycles. The van der Waals surface area contributed by atoms with Gasteiger partial charge in [0.05, 0.1) is 11.2 Å². The molecule has 0 unspecified atom stereocenters. The van der Waals surface area contributed by atoms with Gasteiger partial charge in [-0.1, -0.05) is 28.1 Å². The Morgan fingerprint density at radius 1 is 0.943 bits per heavy atom. The highest BCUT2D eigenvalue weighted by Crippen LogP contribution is 2.35. The van der Waals surface area contributed by atoms with Crippen LogP contribution < -0.4 is 20.3 Å². The number of rotatable bonds is 6. The summed E-state index contributed by atoms with van der Waals surface area (Å²) in [5.41, 5.74) is 1.21. The first-order valence-electron chi connectivity index (χ1n) is 10.7. The second-order valence-corrected chi connectivity index (χ2v) is 9.22. The summed E-state index contributed by atoms with van der Waals surface area (Å²) >= 11 is 3.20. The molecular formula is C23H27BrCl2F3N5O. The number of anilines is 3. The van der Waals surface area contributed by atoms with Crippen molar-refractivity contribution in [2.24, 2.45) is 0 Å². The van der Waals surface area contributed by atoms with Gasteiger partial charge in [-0.3, -0.25) is 0 Å². The number of nitrogens with one attached hydrogen (secondary N) is 2. The number of alkyl halides is 3. The van der Waals surface area contributed by atoms with Crippen molar-refractivity contribution in [3.63, 3.8) is 0 Å². The minimum atomic E-state index is -4.75. The first kappa shape index (κ1) is 29.1. The van der Waals surface area contributed by atoms with Crippen LogP contribution in [-0.4, -0.2) is 42.5 Å². The van der Waals surface area contributed by atoms with Crippen molar-refractivity contribution in [2.75, 3.05) is 29.6 Å². The quantitative estimate of drug-likeness (QED) is 0.318. The third kappa shape index (κ3) is 7.65. The molecule has 2 N–H and O–H groups in total. The SMILES string of the molecule is CN(C)c1nc(N[C@H]2CC[C@@H](Nc3ccc(Br)cc3OC(F)(F)F)CC2)nc2ccccc12.Cl.Cl. The van der Waals surface area contributed by atoms with Crippen LogP contribution in [0.25, 0.3) is 10.9 Å². The van der Waals surface area contributed by atoms with E-state index in [9.17, 15) is 13.2 Å². The highest BCUT2D eigenvalue weighted by Gasteiger charge is 2.33. The number of fused-ring (bicyclic) bond motifs is 1. The van der Waals surface area contributed by atoms with Gasteiger partial charge in [-0.05, 0) is 56.0 Å². The highest BCUT2D eigenvalue weighted by atomic mass is 79.9. The van der Waals surface area contributed by atoms with Crippen molar-refractivity contribution in [3.8, 4) is 5.75 Å². The predicted molar refractivity (Wildman–Crippen MR) is 142 cm³/mol. The molecule has 1 aromatic heterocycles. The number of nitrogens with zero attached hydrogens (tertiary/aromatic N) is 3. The van der Waals surface area contributed by atoms with Crippen molar-refractivity contribution in [1.82, 2.24) is 9.97 Å². The summed E-state index contributed by atoms with van der Waals surface area (Å²) in [5, 5.41) is 7.66. The number of hydrogen-bond donors (Lipinski definition) is 2. The minimum Gasteiger partial charge on any atom is -0.404 e. The van der Waals surface area contributed by atoms with E-state index in [0.717, 1.165) is 42.4 Å². The number of para-hydroxylation sites is 1. The van der Waals surface area contributed by atoms with Crippen LogP contribution in [0.1, 0.15) is 25.7 Å². The van der Waals surface area contributed by atoms with Gasteiger partial charge in [0.15, 0.2) is 5.75 Å². The van der Waals surface area contributed by atoms with E-state index < -0.39 is 6.36 Å². The zero-order valence-corrected chi connectivity index (χ0v) is 22.3. The Morgan fingerprint density at radius 3 is 2.20 bits per heavy atom. The molecule has 0 bridgehead atoms. The Kier molecular flexibility index (Phi) is 10.1. The first-order valence-corrected chi connectivity index (χ1v) is 11.5. The van der Waals surface area contributed by atoms with E-state index in [1.54, 1.807) is 12.1 Å². The highest BCUT2D eigenvalue weighted by molar-refractivity contribution is 9.10. The summed E-state index contributed by atoms with van der Waals surface area (Å²) in [6, 6.07) is 12.7. The van der Waals surface area contributed by atoms with Gasteiger partial charge in [0.1, 0.15) is 5.82 Å². The molecule has 0 aliphatic heterocycles. The topological polar surface area (TPSA) is 62.3 Å². The molecule has 0 saturated heterocycles. The van der Waals surface area contributed by atoms with Gasteiger partial charge in [-0.2, -0.15) is 4.98 Å². The second-order valence-electron chi connectivity index (χ2n) is 8.31. The summed E-state index contributed by atoms with van der Waals surface area (Å²) in [5.74, 6) is 1.20. The molecule has 192 valence electrons. The van der Waals surface area contributed by atoms with Crippen LogP contribution >= 0.6 is 40.7 Å². The molecular weight excluding hydrogens is 570 g/mol. The Morgan fingerprint density at radius 2 is 1.57 bits per heavy atom. The van der Waals surface area contributed by atoms with Crippen molar-refractivity contribution < 1.29 is 17.9 Å². The van der Waals surface area contributed by atoms with Crippen LogP contribution in [0.2, 0.25) is 0 Å². The van der Waals surface area contributed by atoms with Crippen molar-refractivity contribution in [2.45, 2.75) is 44.1 Å². The summed E-state index contributed by atoms with van der Waals surface area (Å²) in [7, 11) is 3.91. The fraction of sp³-hybridized carbons (Fsp3) is 0.391. The fourth-order valence-electron chi connectivity index (χ4n) is 4.07. The Labute approximate surface area is 223 Å². The van der Waals surface area contributed by atoms with E-state index in [4.69, 9.17) is 4.98 Å². The summed E-state index contributed by atoms with van der Waals surface area (Å²) < 4.78 is 43.0. The molecule has 4 rings (SSSR count). The van der Waals surface area contributed by atoms with Gasteiger partial charge in [-0.25, -0.2) is 4.98 Å². The van der Waals surface area contributed by atoms with Crippen LogP contribution in [-0.2, 0) is 0 Å². The molecule has 3 aromatic rings.